The van der Waals surface area contributed by atoms with Crippen molar-refractivity contribution in [1.82, 2.24) is 5.48 Å². The van der Waals surface area contributed by atoms with Gasteiger partial charge >= 0.3 is 0 Å². The van der Waals surface area contributed by atoms with Gasteiger partial charge in [-0.3, -0.25) is 10.0 Å². The van der Waals surface area contributed by atoms with Gasteiger partial charge in [0, 0.05) is 18.2 Å². The molecule has 0 aromatic heterocycles. The van der Waals surface area contributed by atoms with Crippen LogP contribution in [0.15, 0.2) is 18.2 Å². The van der Waals surface area contributed by atoms with E-state index in [4.69, 9.17) is 5.21 Å². The summed E-state index contributed by atoms with van der Waals surface area (Å²) in [6.45, 7) is -0.514. The molecule has 0 spiro atoms. The Morgan fingerprint density at radius 3 is 2.43 bits per heavy atom. The van der Waals surface area contributed by atoms with Crippen LogP contribution in [-0.2, 0) is 4.79 Å². The van der Waals surface area contributed by atoms with Crippen molar-refractivity contribution in [2.24, 2.45) is 0 Å². The zero-order valence-electron chi connectivity index (χ0n) is 6.96. The fourth-order valence-corrected chi connectivity index (χ4v) is 0.793. The van der Waals surface area contributed by atoms with Gasteiger partial charge in [0.2, 0.25) is 0 Å². The van der Waals surface area contributed by atoms with E-state index in [1.807, 2.05) is 0 Å². The molecular formula is C8H7F2NO3. The van der Waals surface area contributed by atoms with Crippen LogP contribution in [0.1, 0.15) is 0 Å². The van der Waals surface area contributed by atoms with Gasteiger partial charge in [0.15, 0.2) is 6.61 Å². The third-order valence-electron chi connectivity index (χ3n) is 1.33. The summed E-state index contributed by atoms with van der Waals surface area (Å²) in [7, 11) is 0. The van der Waals surface area contributed by atoms with E-state index in [1.165, 1.54) is 5.48 Å². The van der Waals surface area contributed by atoms with Gasteiger partial charge in [-0.2, -0.15) is 0 Å². The molecule has 0 atom stereocenters. The second kappa shape index (κ2) is 4.52. The average molecular weight is 203 g/mol. The number of rotatable bonds is 3. The van der Waals surface area contributed by atoms with E-state index < -0.39 is 24.1 Å². The van der Waals surface area contributed by atoms with E-state index in [9.17, 15) is 13.6 Å². The van der Waals surface area contributed by atoms with Crippen LogP contribution in [0.25, 0.3) is 0 Å². The Morgan fingerprint density at radius 2 is 1.93 bits per heavy atom. The summed E-state index contributed by atoms with van der Waals surface area (Å²) < 4.78 is 29.8. The predicted molar refractivity (Wildman–Crippen MR) is 41.8 cm³/mol. The highest BCUT2D eigenvalue weighted by molar-refractivity contribution is 5.76. The molecule has 0 fully saturated rings. The molecule has 6 heteroatoms. The first-order valence-corrected chi connectivity index (χ1v) is 3.63. The largest absolute Gasteiger partial charge is 0.483 e. The third kappa shape index (κ3) is 2.98. The number of nitrogens with one attached hydrogen (secondary N) is 1. The van der Waals surface area contributed by atoms with Gasteiger partial charge in [0.1, 0.15) is 17.4 Å². The van der Waals surface area contributed by atoms with Crippen LogP contribution in [0.3, 0.4) is 0 Å². The van der Waals surface area contributed by atoms with Crippen LogP contribution in [0, 0.1) is 11.6 Å². The van der Waals surface area contributed by atoms with E-state index >= 15 is 0 Å². The molecular weight excluding hydrogens is 196 g/mol. The summed E-state index contributed by atoms with van der Waals surface area (Å²) in [5.74, 6) is -2.53. The van der Waals surface area contributed by atoms with Crippen molar-refractivity contribution in [1.29, 1.82) is 0 Å². The monoisotopic (exact) mass is 203 g/mol. The van der Waals surface area contributed by atoms with Gasteiger partial charge in [0.25, 0.3) is 5.91 Å². The minimum absolute atomic E-state index is 0.119. The third-order valence-corrected chi connectivity index (χ3v) is 1.33. The lowest BCUT2D eigenvalue weighted by Crippen LogP contribution is -2.25. The van der Waals surface area contributed by atoms with Gasteiger partial charge in [-0.15, -0.1) is 0 Å². The number of hydrogen-bond acceptors (Lipinski definition) is 3. The van der Waals surface area contributed by atoms with Crippen molar-refractivity contribution in [3.05, 3.63) is 29.8 Å². The Morgan fingerprint density at radius 1 is 1.36 bits per heavy atom. The first kappa shape index (κ1) is 10.4. The van der Waals surface area contributed by atoms with Crippen molar-refractivity contribution >= 4 is 5.91 Å². The van der Waals surface area contributed by atoms with Crippen molar-refractivity contribution < 1.29 is 23.5 Å². The van der Waals surface area contributed by atoms with E-state index in [0.29, 0.717) is 6.07 Å². The van der Waals surface area contributed by atoms with E-state index in [0.717, 1.165) is 12.1 Å². The molecule has 0 aliphatic rings. The molecule has 14 heavy (non-hydrogen) atoms. The molecule has 0 saturated carbocycles. The fourth-order valence-electron chi connectivity index (χ4n) is 0.793. The highest BCUT2D eigenvalue weighted by atomic mass is 19.1. The highest BCUT2D eigenvalue weighted by Crippen LogP contribution is 2.14. The lowest BCUT2D eigenvalue weighted by Gasteiger charge is -2.04. The van der Waals surface area contributed by atoms with Gasteiger partial charge in [-0.25, -0.2) is 14.3 Å². The quantitative estimate of drug-likeness (QED) is 0.565. The molecule has 0 radical (unpaired) electrons. The number of ether oxygens (including phenoxy) is 1. The Labute approximate surface area is 78.1 Å². The first-order valence-electron chi connectivity index (χ1n) is 3.63. The van der Waals surface area contributed by atoms with E-state index in [1.54, 1.807) is 0 Å². The minimum atomic E-state index is -0.810. The molecule has 1 amide bonds. The van der Waals surface area contributed by atoms with Gasteiger partial charge in [-0.05, 0) is 0 Å². The summed E-state index contributed by atoms with van der Waals surface area (Å²) >= 11 is 0. The molecule has 0 saturated heterocycles. The van der Waals surface area contributed by atoms with Crippen molar-refractivity contribution in [2.45, 2.75) is 0 Å². The first-order chi connectivity index (χ1) is 6.61. The Balaban J connectivity index is 2.63. The maximum absolute atomic E-state index is 12.6. The maximum atomic E-state index is 12.6. The Kier molecular flexibility index (Phi) is 3.35. The van der Waals surface area contributed by atoms with Crippen LogP contribution >= 0.6 is 0 Å². The second-order valence-electron chi connectivity index (χ2n) is 2.43. The molecule has 1 aromatic rings. The number of halogens is 2. The van der Waals surface area contributed by atoms with E-state index in [-0.39, 0.29) is 5.75 Å². The molecule has 0 bridgehead atoms. The predicted octanol–water partition coefficient (Wildman–Crippen LogP) is 0.849. The number of carbonyl (C=O) groups is 1. The molecule has 0 aliphatic heterocycles. The number of benzene rings is 1. The topological polar surface area (TPSA) is 58.6 Å². The Bertz CT molecular complexity index is 323. The lowest BCUT2D eigenvalue weighted by atomic mass is 10.3. The average Bonchev–Trinajstić information content (AvgIpc) is 2.12. The summed E-state index contributed by atoms with van der Waals surface area (Å²) in [6.07, 6.45) is 0. The maximum Gasteiger partial charge on any atom is 0.281 e. The Hall–Kier alpha value is -1.69. The SMILES string of the molecule is O=C(COc1cc(F)cc(F)c1)NO. The van der Waals surface area contributed by atoms with E-state index in [2.05, 4.69) is 4.74 Å². The molecule has 4 nitrogen and oxygen atoms in total. The van der Waals surface area contributed by atoms with Gasteiger partial charge in [-0.1, -0.05) is 0 Å². The molecule has 0 heterocycles. The van der Waals surface area contributed by atoms with Crippen LogP contribution < -0.4 is 10.2 Å². The number of hydroxylamine groups is 1. The normalized spacial score (nSPS) is 9.64. The zero-order chi connectivity index (χ0) is 10.6. The van der Waals surface area contributed by atoms with Crippen LogP contribution in [0.5, 0.6) is 5.75 Å². The molecule has 1 aromatic carbocycles. The van der Waals surface area contributed by atoms with Crippen LogP contribution in [0.4, 0.5) is 8.78 Å². The fraction of sp³-hybridized carbons (Fsp3) is 0.125. The highest BCUT2D eigenvalue weighted by Gasteiger charge is 2.04. The lowest BCUT2D eigenvalue weighted by molar-refractivity contribution is -0.131. The summed E-state index contributed by atoms with van der Waals surface area (Å²) in [4.78, 5) is 10.5. The summed E-state index contributed by atoms with van der Waals surface area (Å²) in [6, 6.07) is 2.53. The molecule has 76 valence electrons. The zero-order valence-corrected chi connectivity index (χ0v) is 6.96. The smallest absolute Gasteiger partial charge is 0.281 e. The molecule has 2 N–H and O–H groups in total. The summed E-state index contributed by atoms with van der Waals surface area (Å²) in [5.41, 5.74) is 1.31. The van der Waals surface area contributed by atoms with Gasteiger partial charge < -0.3 is 4.74 Å². The molecule has 0 unspecified atom stereocenters. The number of amides is 1. The van der Waals surface area contributed by atoms with Crippen LogP contribution in [0.2, 0.25) is 0 Å². The summed E-state index contributed by atoms with van der Waals surface area (Å²) in [5, 5.41) is 8.09. The van der Waals surface area contributed by atoms with Crippen molar-refractivity contribution in [2.75, 3.05) is 6.61 Å². The standard InChI is InChI=1S/C8H7F2NO3/c9-5-1-6(10)3-7(2-5)14-4-8(12)11-13/h1-3,13H,4H2,(H,11,12). The van der Waals surface area contributed by atoms with Crippen molar-refractivity contribution in [3.63, 3.8) is 0 Å². The second-order valence-corrected chi connectivity index (χ2v) is 2.43. The number of hydrogen-bond donors (Lipinski definition) is 2. The molecule has 0 aliphatic carbocycles. The molecule has 1 rings (SSSR count). The minimum Gasteiger partial charge on any atom is -0.483 e. The van der Waals surface area contributed by atoms with Crippen molar-refractivity contribution in [3.8, 4) is 5.75 Å². The van der Waals surface area contributed by atoms with Crippen LogP contribution in [-0.4, -0.2) is 17.7 Å². The van der Waals surface area contributed by atoms with Gasteiger partial charge in [0.05, 0.1) is 0 Å². The number of carbonyl (C=O) groups excluding carboxylic acids is 1.